The third kappa shape index (κ3) is 1.82. The van der Waals surface area contributed by atoms with Crippen LogP contribution in [0.3, 0.4) is 0 Å². The van der Waals surface area contributed by atoms with Crippen LogP contribution < -0.4 is 10.2 Å². The molecule has 0 aliphatic carbocycles. The van der Waals surface area contributed by atoms with Crippen molar-refractivity contribution < 1.29 is 4.79 Å². The Balaban J connectivity index is 2.38. The number of nitrogens with one attached hydrogen (secondary N) is 1. The molecule has 0 fully saturated rings. The number of rotatable bonds is 2. The van der Waals surface area contributed by atoms with E-state index in [2.05, 4.69) is 15.3 Å². The highest BCUT2D eigenvalue weighted by atomic mass is 35.5. The summed E-state index contributed by atoms with van der Waals surface area (Å²) in [4.78, 5) is 21.6. The number of aromatic nitrogens is 2. The lowest BCUT2D eigenvalue weighted by Crippen LogP contribution is -2.46. The number of hydrogen-bond donors (Lipinski definition) is 1. The standard InChI is InChI=1S/C10H13ClN4O/c1-3-4-7-9(16)13-6-5-12-10(11)14-8(6)15(7)2/h5,7H,3-4H2,1-2H3,(H,13,16)/t7-/m0/s1. The molecule has 1 atom stereocenters. The van der Waals surface area contributed by atoms with E-state index >= 15 is 0 Å². The SMILES string of the molecule is CCC[C@H]1C(=O)Nc2cnc(Cl)nc2N1C. The molecule has 0 bridgehead atoms. The van der Waals surface area contributed by atoms with Gasteiger partial charge in [-0.1, -0.05) is 13.3 Å². The summed E-state index contributed by atoms with van der Waals surface area (Å²) in [5, 5.41) is 2.98. The molecule has 1 aromatic rings. The van der Waals surface area contributed by atoms with E-state index in [1.165, 1.54) is 6.20 Å². The summed E-state index contributed by atoms with van der Waals surface area (Å²) in [6.45, 7) is 2.05. The second kappa shape index (κ2) is 4.25. The molecule has 0 saturated heterocycles. The molecule has 5 nitrogen and oxygen atoms in total. The number of carbonyl (C=O) groups excluding carboxylic acids is 1. The Morgan fingerprint density at radius 3 is 3.06 bits per heavy atom. The number of hydrogen-bond acceptors (Lipinski definition) is 4. The number of likely N-dealkylation sites (N-methyl/N-ethyl adjacent to an activating group) is 1. The van der Waals surface area contributed by atoms with Gasteiger partial charge in [0.05, 0.1) is 6.20 Å². The topological polar surface area (TPSA) is 58.1 Å². The fourth-order valence-electron chi connectivity index (χ4n) is 1.85. The number of halogens is 1. The summed E-state index contributed by atoms with van der Waals surface area (Å²) >= 11 is 5.74. The average Bonchev–Trinajstić information content (AvgIpc) is 2.26. The van der Waals surface area contributed by atoms with Crippen molar-refractivity contribution in [2.24, 2.45) is 0 Å². The lowest BCUT2D eigenvalue weighted by Gasteiger charge is -2.33. The molecule has 0 unspecified atom stereocenters. The van der Waals surface area contributed by atoms with Crippen molar-refractivity contribution in [1.82, 2.24) is 9.97 Å². The molecule has 1 aliphatic rings. The molecule has 86 valence electrons. The van der Waals surface area contributed by atoms with Gasteiger partial charge >= 0.3 is 0 Å². The van der Waals surface area contributed by atoms with Gasteiger partial charge in [-0.2, -0.15) is 4.98 Å². The van der Waals surface area contributed by atoms with Crippen molar-refractivity contribution >= 4 is 29.0 Å². The van der Waals surface area contributed by atoms with Crippen molar-refractivity contribution in [3.8, 4) is 0 Å². The third-order valence-corrected chi connectivity index (χ3v) is 2.85. The molecule has 6 heteroatoms. The number of nitrogens with zero attached hydrogens (tertiary/aromatic N) is 3. The third-order valence-electron chi connectivity index (χ3n) is 2.66. The number of anilines is 2. The predicted octanol–water partition coefficient (Wildman–Crippen LogP) is 1.69. The molecular weight excluding hydrogens is 228 g/mol. The monoisotopic (exact) mass is 240 g/mol. The maximum Gasteiger partial charge on any atom is 0.247 e. The van der Waals surface area contributed by atoms with E-state index in [9.17, 15) is 4.79 Å². The Kier molecular flexibility index (Phi) is 2.96. The molecule has 2 heterocycles. The van der Waals surface area contributed by atoms with Crippen LogP contribution in [0, 0.1) is 0 Å². The maximum atomic E-state index is 11.8. The van der Waals surface area contributed by atoms with Gasteiger partial charge in [-0.25, -0.2) is 4.98 Å². The molecule has 1 N–H and O–H groups in total. The first kappa shape index (κ1) is 11.1. The van der Waals surface area contributed by atoms with Gasteiger partial charge in [-0.05, 0) is 18.0 Å². The Hall–Kier alpha value is -1.36. The predicted molar refractivity (Wildman–Crippen MR) is 62.8 cm³/mol. The van der Waals surface area contributed by atoms with Crippen LogP contribution in [0.2, 0.25) is 5.28 Å². The zero-order chi connectivity index (χ0) is 11.7. The first-order chi connectivity index (χ1) is 7.63. The summed E-state index contributed by atoms with van der Waals surface area (Å²) < 4.78 is 0. The van der Waals surface area contributed by atoms with Gasteiger partial charge < -0.3 is 10.2 Å². The highest BCUT2D eigenvalue weighted by molar-refractivity contribution is 6.28. The van der Waals surface area contributed by atoms with Crippen LogP contribution in [0.4, 0.5) is 11.5 Å². The molecule has 0 spiro atoms. The lowest BCUT2D eigenvalue weighted by atomic mass is 10.1. The van der Waals surface area contributed by atoms with Gasteiger partial charge in [0.25, 0.3) is 0 Å². The summed E-state index contributed by atoms with van der Waals surface area (Å²) in [5.74, 6) is 0.667. The fourth-order valence-corrected chi connectivity index (χ4v) is 1.98. The first-order valence-corrected chi connectivity index (χ1v) is 5.57. The van der Waals surface area contributed by atoms with Gasteiger partial charge in [-0.3, -0.25) is 4.79 Å². The Morgan fingerprint density at radius 2 is 2.38 bits per heavy atom. The highest BCUT2D eigenvalue weighted by Crippen LogP contribution is 2.30. The van der Waals surface area contributed by atoms with Crippen molar-refractivity contribution in [3.63, 3.8) is 0 Å². The molecular formula is C10H13ClN4O. The maximum absolute atomic E-state index is 11.8. The molecule has 0 radical (unpaired) electrons. The Morgan fingerprint density at radius 1 is 1.62 bits per heavy atom. The number of amides is 1. The second-order valence-corrected chi connectivity index (χ2v) is 4.12. The van der Waals surface area contributed by atoms with Crippen molar-refractivity contribution in [3.05, 3.63) is 11.5 Å². The quantitative estimate of drug-likeness (QED) is 0.800. The van der Waals surface area contributed by atoms with Crippen molar-refractivity contribution in [2.45, 2.75) is 25.8 Å². The normalized spacial score (nSPS) is 19.3. The largest absolute Gasteiger partial charge is 0.346 e. The summed E-state index contributed by atoms with van der Waals surface area (Å²) in [7, 11) is 1.85. The molecule has 0 saturated carbocycles. The van der Waals surface area contributed by atoms with Gasteiger partial charge in [0.2, 0.25) is 11.2 Å². The smallest absolute Gasteiger partial charge is 0.247 e. The van der Waals surface area contributed by atoms with Gasteiger partial charge in [0.15, 0.2) is 5.82 Å². The summed E-state index contributed by atoms with van der Waals surface area (Å²) in [6, 6.07) is -0.177. The van der Waals surface area contributed by atoms with E-state index in [-0.39, 0.29) is 17.2 Å². The van der Waals surface area contributed by atoms with E-state index in [1.54, 1.807) is 0 Å². The number of fused-ring (bicyclic) bond motifs is 1. The van der Waals surface area contributed by atoms with Gasteiger partial charge in [0.1, 0.15) is 11.7 Å². The minimum Gasteiger partial charge on any atom is -0.346 e. The van der Waals surface area contributed by atoms with E-state index in [4.69, 9.17) is 11.6 Å². The summed E-state index contributed by atoms with van der Waals surface area (Å²) in [6.07, 6.45) is 3.27. The highest BCUT2D eigenvalue weighted by Gasteiger charge is 2.31. The molecule has 16 heavy (non-hydrogen) atoms. The minimum absolute atomic E-state index is 0.0113. The second-order valence-electron chi connectivity index (χ2n) is 3.78. The van der Waals surface area contributed by atoms with Crippen LogP contribution in [-0.2, 0) is 4.79 Å². The van der Waals surface area contributed by atoms with E-state index in [0.29, 0.717) is 11.5 Å². The van der Waals surface area contributed by atoms with Crippen LogP contribution >= 0.6 is 11.6 Å². The van der Waals surface area contributed by atoms with E-state index in [1.807, 2.05) is 18.9 Å². The van der Waals surface area contributed by atoms with Crippen LogP contribution in [-0.4, -0.2) is 29.0 Å². The van der Waals surface area contributed by atoms with Crippen LogP contribution in [0.1, 0.15) is 19.8 Å². The molecule has 1 aromatic heterocycles. The number of carbonyl (C=O) groups is 1. The zero-order valence-corrected chi connectivity index (χ0v) is 9.95. The molecule has 1 aliphatic heterocycles. The van der Waals surface area contributed by atoms with Crippen molar-refractivity contribution in [2.75, 3.05) is 17.3 Å². The zero-order valence-electron chi connectivity index (χ0n) is 9.20. The van der Waals surface area contributed by atoms with E-state index < -0.39 is 0 Å². The van der Waals surface area contributed by atoms with Gasteiger partial charge in [-0.15, -0.1) is 0 Å². The van der Waals surface area contributed by atoms with Crippen molar-refractivity contribution in [1.29, 1.82) is 0 Å². The Labute approximate surface area is 98.8 Å². The van der Waals surface area contributed by atoms with Gasteiger partial charge in [0, 0.05) is 7.05 Å². The molecule has 0 aromatic carbocycles. The minimum atomic E-state index is -0.177. The molecule has 1 amide bonds. The van der Waals surface area contributed by atoms with Crippen LogP contribution in [0.25, 0.3) is 0 Å². The fraction of sp³-hybridized carbons (Fsp3) is 0.500. The van der Waals surface area contributed by atoms with Crippen LogP contribution in [0.5, 0.6) is 0 Å². The molecule has 2 rings (SSSR count). The first-order valence-electron chi connectivity index (χ1n) is 5.19. The van der Waals surface area contributed by atoms with Crippen LogP contribution in [0.15, 0.2) is 6.20 Å². The summed E-state index contributed by atoms with van der Waals surface area (Å²) in [5.41, 5.74) is 0.615. The Bertz CT molecular complexity index is 423. The lowest BCUT2D eigenvalue weighted by molar-refractivity contribution is -0.117. The van der Waals surface area contributed by atoms with E-state index in [0.717, 1.165) is 12.8 Å². The average molecular weight is 241 g/mol.